The van der Waals surface area contributed by atoms with Gasteiger partial charge in [-0.3, -0.25) is 4.40 Å². The quantitative estimate of drug-likeness (QED) is 0.661. The van der Waals surface area contributed by atoms with E-state index in [1.54, 1.807) is 34.9 Å². The van der Waals surface area contributed by atoms with Gasteiger partial charge in [0.15, 0.2) is 11.5 Å². The Bertz CT molecular complexity index is 693. The summed E-state index contributed by atoms with van der Waals surface area (Å²) in [6.07, 6.45) is 1.71. The van der Waals surface area contributed by atoms with Crippen LogP contribution in [0.5, 0.6) is 0 Å². The summed E-state index contributed by atoms with van der Waals surface area (Å²) >= 11 is 5.92. The van der Waals surface area contributed by atoms with Crippen molar-refractivity contribution in [2.45, 2.75) is 0 Å². The number of benzene rings is 1. The van der Waals surface area contributed by atoms with Crippen molar-refractivity contribution >= 4 is 17.2 Å². The summed E-state index contributed by atoms with van der Waals surface area (Å²) in [6, 6.07) is 9.72. The Kier molecular flexibility index (Phi) is 2.30. The van der Waals surface area contributed by atoms with Gasteiger partial charge in [0.25, 0.3) is 0 Å². The van der Waals surface area contributed by atoms with Crippen molar-refractivity contribution in [1.29, 1.82) is 0 Å². The van der Waals surface area contributed by atoms with E-state index in [1.807, 2.05) is 0 Å². The molecule has 84 valence electrons. The standard InChI is InChI=1S/C12H7ClFN3/c13-9-4-5-11-15-16-12(17(11)7-9)8-2-1-3-10(14)6-8/h1-7H. The van der Waals surface area contributed by atoms with Gasteiger partial charge in [0.05, 0.1) is 5.02 Å². The number of nitrogens with zero attached hydrogens (tertiary/aromatic N) is 3. The molecule has 0 bridgehead atoms. The van der Waals surface area contributed by atoms with Crippen molar-refractivity contribution in [3.8, 4) is 11.4 Å². The van der Waals surface area contributed by atoms with Crippen LogP contribution in [0.1, 0.15) is 0 Å². The summed E-state index contributed by atoms with van der Waals surface area (Å²) in [5.74, 6) is 0.267. The van der Waals surface area contributed by atoms with Gasteiger partial charge in [-0.05, 0) is 24.3 Å². The van der Waals surface area contributed by atoms with Gasteiger partial charge in [-0.2, -0.15) is 0 Å². The lowest BCUT2D eigenvalue weighted by Gasteiger charge is -2.00. The lowest BCUT2D eigenvalue weighted by atomic mass is 10.2. The molecule has 0 unspecified atom stereocenters. The number of aromatic nitrogens is 3. The van der Waals surface area contributed by atoms with Crippen LogP contribution in [0.25, 0.3) is 17.0 Å². The van der Waals surface area contributed by atoms with E-state index in [-0.39, 0.29) is 5.82 Å². The highest BCUT2D eigenvalue weighted by Crippen LogP contribution is 2.20. The summed E-state index contributed by atoms with van der Waals surface area (Å²) in [6.45, 7) is 0. The van der Waals surface area contributed by atoms with Crippen LogP contribution < -0.4 is 0 Å². The van der Waals surface area contributed by atoms with Crippen molar-refractivity contribution in [3.63, 3.8) is 0 Å². The fourth-order valence-electron chi connectivity index (χ4n) is 1.69. The number of fused-ring (bicyclic) bond motifs is 1. The minimum atomic E-state index is -0.304. The van der Waals surface area contributed by atoms with Crippen LogP contribution in [0.15, 0.2) is 42.6 Å². The molecule has 3 rings (SSSR count). The van der Waals surface area contributed by atoms with E-state index in [4.69, 9.17) is 11.6 Å². The fourth-order valence-corrected chi connectivity index (χ4v) is 1.85. The zero-order chi connectivity index (χ0) is 11.8. The van der Waals surface area contributed by atoms with E-state index in [2.05, 4.69) is 10.2 Å². The van der Waals surface area contributed by atoms with Gasteiger partial charge in [-0.15, -0.1) is 10.2 Å². The number of rotatable bonds is 1. The first kappa shape index (κ1) is 10.2. The molecule has 0 spiro atoms. The van der Waals surface area contributed by atoms with Gasteiger partial charge in [0, 0.05) is 11.8 Å². The van der Waals surface area contributed by atoms with Crippen molar-refractivity contribution in [1.82, 2.24) is 14.6 Å². The third-order valence-electron chi connectivity index (χ3n) is 2.45. The molecule has 0 radical (unpaired) electrons. The molecule has 0 aliphatic carbocycles. The van der Waals surface area contributed by atoms with Crippen LogP contribution in [-0.4, -0.2) is 14.6 Å². The molecule has 3 nitrogen and oxygen atoms in total. The Labute approximate surface area is 101 Å². The van der Waals surface area contributed by atoms with E-state index in [1.165, 1.54) is 12.1 Å². The Morgan fingerprint density at radius 2 is 2.00 bits per heavy atom. The third-order valence-corrected chi connectivity index (χ3v) is 2.67. The number of hydrogen-bond acceptors (Lipinski definition) is 2. The highest BCUT2D eigenvalue weighted by Gasteiger charge is 2.08. The van der Waals surface area contributed by atoms with Crippen molar-refractivity contribution in [2.24, 2.45) is 0 Å². The summed E-state index contributed by atoms with van der Waals surface area (Å²) in [5.41, 5.74) is 1.34. The SMILES string of the molecule is Fc1cccc(-c2nnc3ccc(Cl)cn23)c1. The second-order valence-electron chi connectivity index (χ2n) is 3.61. The summed E-state index contributed by atoms with van der Waals surface area (Å²) in [4.78, 5) is 0. The van der Waals surface area contributed by atoms with Crippen LogP contribution in [0.4, 0.5) is 4.39 Å². The molecule has 1 aromatic carbocycles. The Balaban J connectivity index is 2.27. The van der Waals surface area contributed by atoms with Crippen molar-refractivity contribution in [3.05, 3.63) is 53.4 Å². The molecule has 0 saturated heterocycles. The molecule has 0 fully saturated rings. The minimum Gasteiger partial charge on any atom is -0.281 e. The van der Waals surface area contributed by atoms with Gasteiger partial charge in [-0.1, -0.05) is 23.7 Å². The molecule has 0 N–H and O–H groups in total. The lowest BCUT2D eigenvalue weighted by molar-refractivity contribution is 0.628. The number of pyridine rings is 1. The average molecular weight is 248 g/mol. The summed E-state index contributed by atoms with van der Waals surface area (Å²) in [5, 5.41) is 8.61. The zero-order valence-corrected chi connectivity index (χ0v) is 9.39. The topological polar surface area (TPSA) is 30.2 Å². The predicted octanol–water partition coefficient (Wildman–Crippen LogP) is 3.19. The van der Waals surface area contributed by atoms with E-state index >= 15 is 0 Å². The number of halogens is 2. The Morgan fingerprint density at radius 1 is 1.12 bits per heavy atom. The molecular formula is C12H7ClFN3. The first-order valence-electron chi connectivity index (χ1n) is 5.00. The molecule has 5 heteroatoms. The zero-order valence-electron chi connectivity index (χ0n) is 8.64. The Hall–Kier alpha value is -1.94. The first-order chi connectivity index (χ1) is 8.24. The molecule has 2 aromatic heterocycles. The second-order valence-corrected chi connectivity index (χ2v) is 4.05. The minimum absolute atomic E-state index is 0.304. The smallest absolute Gasteiger partial charge is 0.168 e. The largest absolute Gasteiger partial charge is 0.281 e. The van der Waals surface area contributed by atoms with Gasteiger partial charge in [0.1, 0.15) is 5.82 Å². The monoisotopic (exact) mass is 247 g/mol. The molecule has 0 aliphatic heterocycles. The van der Waals surface area contributed by atoms with Crippen molar-refractivity contribution < 1.29 is 4.39 Å². The van der Waals surface area contributed by atoms with Gasteiger partial charge < -0.3 is 0 Å². The maximum absolute atomic E-state index is 13.2. The van der Waals surface area contributed by atoms with E-state index in [0.717, 1.165) is 0 Å². The van der Waals surface area contributed by atoms with Gasteiger partial charge in [-0.25, -0.2) is 4.39 Å². The molecule has 17 heavy (non-hydrogen) atoms. The molecule has 2 heterocycles. The Morgan fingerprint density at radius 3 is 2.82 bits per heavy atom. The van der Waals surface area contributed by atoms with Crippen LogP contribution >= 0.6 is 11.6 Å². The molecule has 0 saturated carbocycles. The molecule has 0 atom stereocenters. The maximum atomic E-state index is 13.2. The number of hydrogen-bond donors (Lipinski definition) is 0. The van der Waals surface area contributed by atoms with Crippen LogP contribution in [-0.2, 0) is 0 Å². The van der Waals surface area contributed by atoms with E-state index in [0.29, 0.717) is 22.1 Å². The van der Waals surface area contributed by atoms with E-state index in [9.17, 15) is 4.39 Å². The lowest BCUT2D eigenvalue weighted by Crippen LogP contribution is -1.89. The molecule has 0 amide bonds. The molecule has 3 aromatic rings. The van der Waals surface area contributed by atoms with Crippen molar-refractivity contribution in [2.75, 3.05) is 0 Å². The first-order valence-corrected chi connectivity index (χ1v) is 5.38. The van der Waals surface area contributed by atoms with E-state index < -0.39 is 0 Å². The summed E-state index contributed by atoms with van der Waals surface area (Å²) < 4.78 is 14.9. The van der Waals surface area contributed by atoms with Gasteiger partial charge in [0.2, 0.25) is 0 Å². The van der Waals surface area contributed by atoms with Crippen LogP contribution in [0.2, 0.25) is 5.02 Å². The molecule has 0 aliphatic rings. The predicted molar refractivity (Wildman–Crippen MR) is 63.4 cm³/mol. The highest BCUT2D eigenvalue weighted by atomic mass is 35.5. The fraction of sp³-hybridized carbons (Fsp3) is 0. The van der Waals surface area contributed by atoms with Crippen LogP contribution in [0.3, 0.4) is 0 Å². The third kappa shape index (κ3) is 1.76. The normalized spacial score (nSPS) is 10.9. The summed E-state index contributed by atoms with van der Waals surface area (Å²) in [7, 11) is 0. The maximum Gasteiger partial charge on any atom is 0.168 e. The molecular weight excluding hydrogens is 241 g/mol. The van der Waals surface area contributed by atoms with Gasteiger partial charge >= 0.3 is 0 Å². The average Bonchev–Trinajstić information content (AvgIpc) is 2.71. The van der Waals surface area contributed by atoms with Crippen LogP contribution in [0, 0.1) is 5.82 Å². The highest BCUT2D eigenvalue weighted by molar-refractivity contribution is 6.30. The second kappa shape index (κ2) is 3.82.